The van der Waals surface area contributed by atoms with E-state index in [1.54, 1.807) is 18.3 Å². The van der Waals surface area contributed by atoms with Crippen molar-refractivity contribution in [1.29, 1.82) is 0 Å². The van der Waals surface area contributed by atoms with Gasteiger partial charge in [0.2, 0.25) is 0 Å². The zero-order valence-electron chi connectivity index (χ0n) is 15.3. The number of hydrogen-bond acceptors (Lipinski definition) is 3. The van der Waals surface area contributed by atoms with Crippen molar-refractivity contribution in [2.45, 2.75) is 25.8 Å². The van der Waals surface area contributed by atoms with Crippen LogP contribution >= 0.6 is 0 Å². The minimum atomic E-state index is -2.67. The summed E-state index contributed by atoms with van der Waals surface area (Å²) in [5.74, 6) is 0.546. The molecular weight excluding hydrogens is 338 g/mol. The van der Waals surface area contributed by atoms with E-state index in [4.69, 9.17) is 4.43 Å². The second kappa shape index (κ2) is 7.26. The van der Waals surface area contributed by atoms with Crippen molar-refractivity contribution >= 4 is 25.0 Å². The third kappa shape index (κ3) is 3.33. The van der Waals surface area contributed by atoms with Gasteiger partial charge in [-0.15, -0.1) is 0 Å². The van der Waals surface area contributed by atoms with Gasteiger partial charge in [0.1, 0.15) is 0 Å². The molecule has 1 aromatic heterocycles. The average molecular weight is 362 g/mol. The van der Waals surface area contributed by atoms with Gasteiger partial charge in [-0.25, -0.2) is 4.98 Å². The molecule has 0 N–H and O–H groups in total. The fourth-order valence-corrected chi connectivity index (χ4v) is 7.69. The predicted molar refractivity (Wildman–Crippen MR) is 108 cm³/mol. The molecule has 132 valence electrons. The predicted octanol–water partition coefficient (Wildman–Crippen LogP) is 3.83. The highest BCUT2D eigenvalue weighted by Gasteiger charge is 2.52. The fraction of sp³-hybridized carbons (Fsp3) is 0.182. The molecule has 2 aromatic carbocycles. The maximum atomic E-state index is 10.9. The number of pyridine rings is 1. The van der Waals surface area contributed by atoms with Crippen molar-refractivity contribution in [2.24, 2.45) is 0 Å². The third-order valence-electron chi connectivity index (χ3n) is 4.57. The molecule has 0 atom stereocenters. The Hall–Kier alpha value is -2.72. The van der Waals surface area contributed by atoms with Gasteiger partial charge in [-0.05, 0) is 27.5 Å². The second-order valence-corrected chi connectivity index (χ2v) is 11.5. The normalized spacial score (nSPS) is 11.8. The molecule has 0 bridgehead atoms. The molecule has 0 fully saturated rings. The summed E-state index contributed by atoms with van der Waals surface area (Å²) in [6.45, 7) is 6.66. The van der Waals surface area contributed by atoms with E-state index in [-0.39, 0.29) is 5.04 Å². The van der Waals surface area contributed by atoms with Crippen LogP contribution < -0.4 is 14.8 Å². The molecule has 0 aliphatic heterocycles. The zero-order valence-corrected chi connectivity index (χ0v) is 16.3. The Morgan fingerprint density at radius 3 is 1.77 bits per heavy atom. The Balaban J connectivity index is 2.21. The van der Waals surface area contributed by atoms with E-state index in [9.17, 15) is 4.79 Å². The molecule has 0 aliphatic carbocycles. The Morgan fingerprint density at radius 1 is 0.846 bits per heavy atom. The van der Waals surface area contributed by atoms with Crippen molar-refractivity contribution in [3.8, 4) is 5.88 Å². The summed E-state index contributed by atoms with van der Waals surface area (Å²) in [6, 6.07) is 24.4. The smallest absolute Gasteiger partial charge is 0.321 e. The Kier molecular flexibility index (Phi) is 5.05. The van der Waals surface area contributed by atoms with E-state index >= 15 is 0 Å². The van der Waals surface area contributed by atoms with E-state index in [0.717, 1.165) is 6.29 Å². The molecule has 0 radical (unpaired) electrons. The highest BCUT2D eigenvalue weighted by atomic mass is 28.4. The van der Waals surface area contributed by atoms with Crippen LogP contribution in [0.3, 0.4) is 0 Å². The molecule has 0 saturated heterocycles. The van der Waals surface area contributed by atoms with Gasteiger partial charge in [0.15, 0.2) is 12.2 Å². The number of nitrogens with zero attached hydrogens (tertiary/aromatic N) is 1. The van der Waals surface area contributed by atoms with Crippen LogP contribution in [0.5, 0.6) is 5.88 Å². The van der Waals surface area contributed by atoms with E-state index in [1.165, 1.54) is 10.4 Å². The van der Waals surface area contributed by atoms with Crippen molar-refractivity contribution in [1.82, 2.24) is 4.98 Å². The summed E-state index contributed by atoms with van der Waals surface area (Å²) in [6.07, 6.45) is 2.35. The van der Waals surface area contributed by atoms with Crippen LogP contribution in [0.25, 0.3) is 0 Å². The lowest BCUT2D eigenvalue weighted by atomic mass is 10.2. The maximum absolute atomic E-state index is 10.9. The summed E-state index contributed by atoms with van der Waals surface area (Å²) in [5, 5.41) is 2.26. The van der Waals surface area contributed by atoms with Crippen LogP contribution in [0.2, 0.25) is 5.04 Å². The molecule has 0 amide bonds. The van der Waals surface area contributed by atoms with Gasteiger partial charge in [0, 0.05) is 11.8 Å². The Morgan fingerprint density at radius 2 is 1.38 bits per heavy atom. The first-order chi connectivity index (χ1) is 12.5. The SMILES string of the molecule is CC(C)(C)[Si](Oc1ccc(C=O)cn1)(c1ccccc1)c1ccccc1. The summed E-state index contributed by atoms with van der Waals surface area (Å²) in [7, 11) is -2.67. The standard InChI is InChI=1S/C22H23NO2Si/c1-22(2,3)26(19-10-6-4-7-11-19,20-12-8-5-9-13-20)25-21-15-14-18(17-24)16-23-21/h4-17H,1-3H3. The molecule has 3 aromatic rings. The molecule has 0 saturated carbocycles. The monoisotopic (exact) mass is 361 g/mol. The summed E-state index contributed by atoms with van der Waals surface area (Å²) in [4.78, 5) is 15.3. The van der Waals surface area contributed by atoms with Gasteiger partial charge in [-0.1, -0.05) is 81.4 Å². The minimum Gasteiger partial charge on any atom is -0.521 e. The van der Waals surface area contributed by atoms with Crippen LogP contribution in [-0.4, -0.2) is 19.6 Å². The van der Waals surface area contributed by atoms with Gasteiger partial charge in [0.25, 0.3) is 0 Å². The quantitative estimate of drug-likeness (QED) is 0.512. The number of aldehydes is 1. The maximum Gasteiger partial charge on any atom is 0.321 e. The number of carbonyl (C=O) groups excluding carboxylic acids is 1. The molecule has 0 spiro atoms. The first kappa shape index (κ1) is 18.1. The lowest BCUT2D eigenvalue weighted by Gasteiger charge is -2.42. The van der Waals surface area contributed by atoms with Crippen LogP contribution in [0, 0.1) is 0 Å². The van der Waals surface area contributed by atoms with E-state index in [1.807, 2.05) is 12.1 Å². The topological polar surface area (TPSA) is 39.2 Å². The highest BCUT2D eigenvalue weighted by Crippen LogP contribution is 2.37. The summed E-state index contributed by atoms with van der Waals surface area (Å²) >= 11 is 0. The highest BCUT2D eigenvalue weighted by molar-refractivity contribution is 7.00. The molecule has 1 heterocycles. The van der Waals surface area contributed by atoms with Gasteiger partial charge in [-0.2, -0.15) is 0 Å². The number of aromatic nitrogens is 1. The third-order valence-corrected chi connectivity index (χ3v) is 9.49. The second-order valence-electron chi connectivity index (χ2n) is 7.31. The van der Waals surface area contributed by atoms with E-state index < -0.39 is 8.32 Å². The Bertz CT molecular complexity index is 817. The molecular formula is C22H23NO2Si. The fourth-order valence-electron chi connectivity index (χ4n) is 3.33. The molecule has 0 aliphatic rings. The van der Waals surface area contributed by atoms with Crippen LogP contribution in [0.4, 0.5) is 0 Å². The van der Waals surface area contributed by atoms with Crippen molar-refractivity contribution in [3.63, 3.8) is 0 Å². The lowest BCUT2D eigenvalue weighted by molar-refractivity contribution is 0.112. The van der Waals surface area contributed by atoms with Crippen molar-refractivity contribution in [3.05, 3.63) is 84.6 Å². The van der Waals surface area contributed by atoms with Crippen LogP contribution in [-0.2, 0) is 0 Å². The summed E-state index contributed by atoms with van der Waals surface area (Å²) < 4.78 is 6.75. The average Bonchev–Trinajstić information content (AvgIpc) is 2.67. The van der Waals surface area contributed by atoms with E-state index in [0.29, 0.717) is 11.4 Å². The molecule has 26 heavy (non-hydrogen) atoms. The molecule has 4 heteroatoms. The molecule has 0 unspecified atom stereocenters. The zero-order chi connectivity index (χ0) is 18.6. The number of carbonyl (C=O) groups is 1. The van der Waals surface area contributed by atoms with Gasteiger partial charge >= 0.3 is 8.32 Å². The van der Waals surface area contributed by atoms with Crippen molar-refractivity contribution in [2.75, 3.05) is 0 Å². The lowest BCUT2D eigenvalue weighted by Crippen LogP contribution is -2.68. The number of hydrogen-bond donors (Lipinski definition) is 0. The summed E-state index contributed by atoms with van der Waals surface area (Å²) in [5.41, 5.74) is 0.541. The van der Waals surface area contributed by atoms with Gasteiger partial charge < -0.3 is 4.43 Å². The largest absolute Gasteiger partial charge is 0.521 e. The van der Waals surface area contributed by atoms with Gasteiger partial charge in [-0.3, -0.25) is 4.79 Å². The first-order valence-corrected chi connectivity index (χ1v) is 10.6. The Labute approximate surface area is 155 Å². The number of rotatable bonds is 5. The number of benzene rings is 2. The van der Waals surface area contributed by atoms with E-state index in [2.05, 4.69) is 74.3 Å². The molecule has 3 rings (SSSR count). The molecule has 3 nitrogen and oxygen atoms in total. The van der Waals surface area contributed by atoms with Crippen LogP contribution in [0.15, 0.2) is 79.0 Å². The van der Waals surface area contributed by atoms with Gasteiger partial charge in [0.05, 0.1) is 0 Å². The minimum absolute atomic E-state index is 0.124. The van der Waals surface area contributed by atoms with Crippen molar-refractivity contribution < 1.29 is 9.22 Å². The first-order valence-electron chi connectivity index (χ1n) is 8.69. The van der Waals surface area contributed by atoms with Crippen LogP contribution in [0.1, 0.15) is 31.1 Å².